The maximum Gasteiger partial charge on any atom is 0.117 e. The molecule has 0 saturated carbocycles. The first kappa shape index (κ1) is 11.6. The van der Waals surface area contributed by atoms with E-state index in [-0.39, 0.29) is 0 Å². The Labute approximate surface area is 88.9 Å². The molecule has 0 saturated heterocycles. The van der Waals surface area contributed by atoms with E-state index < -0.39 is 0 Å². The van der Waals surface area contributed by atoms with Crippen LogP contribution in [-0.2, 0) is 6.54 Å². The van der Waals surface area contributed by atoms with Crippen molar-refractivity contribution in [3.05, 3.63) is 24.2 Å². The number of nitrogens with one attached hydrogen (secondary N) is 1. The minimum atomic E-state index is 0.298. The van der Waals surface area contributed by atoms with Gasteiger partial charge in [-0.25, -0.2) is 0 Å². The van der Waals surface area contributed by atoms with Gasteiger partial charge in [0, 0.05) is 18.9 Å². The van der Waals surface area contributed by atoms with E-state index in [9.17, 15) is 0 Å². The smallest absolute Gasteiger partial charge is 0.117 e. The van der Waals surface area contributed by atoms with E-state index in [2.05, 4.69) is 5.32 Å². The Morgan fingerprint density at radius 2 is 2.36 bits per heavy atom. The molecular formula is C10H17NO2S. The molecule has 14 heavy (non-hydrogen) atoms. The molecule has 0 bridgehead atoms. The Balaban J connectivity index is 1.85. The van der Waals surface area contributed by atoms with Crippen LogP contribution in [0.25, 0.3) is 0 Å². The summed E-state index contributed by atoms with van der Waals surface area (Å²) in [5.74, 6) is 3.10. The molecule has 0 aliphatic rings. The summed E-state index contributed by atoms with van der Waals surface area (Å²) in [5.41, 5.74) is 0. The summed E-state index contributed by atoms with van der Waals surface area (Å²) in [4.78, 5) is 0. The van der Waals surface area contributed by atoms with Crippen LogP contribution in [0.1, 0.15) is 12.2 Å². The molecule has 0 aromatic carbocycles. The third-order valence-corrected chi connectivity index (χ3v) is 2.82. The molecule has 0 atom stereocenters. The lowest BCUT2D eigenvalue weighted by molar-refractivity contribution is 0.296. The van der Waals surface area contributed by atoms with Gasteiger partial charge in [-0.2, -0.15) is 11.8 Å². The van der Waals surface area contributed by atoms with Gasteiger partial charge in [-0.1, -0.05) is 0 Å². The van der Waals surface area contributed by atoms with Crippen LogP contribution in [0.4, 0.5) is 0 Å². The second kappa shape index (κ2) is 7.91. The molecule has 1 aromatic heterocycles. The molecule has 80 valence electrons. The van der Waals surface area contributed by atoms with Gasteiger partial charge < -0.3 is 14.8 Å². The molecule has 4 heteroatoms. The maximum absolute atomic E-state index is 8.55. The van der Waals surface area contributed by atoms with Gasteiger partial charge in [0.2, 0.25) is 0 Å². The summed E-state index contributed by atoms with van der Waals surface area (Å²) in [6.45, 7) is 2.08. The topological polar surface area (TPSA) is 45.4 Å². The summed E-state index contributed by atoms with van der Waals surface area (Å²) in [5, 5.41) is 11.8. The van der Waals surface area contributed by atoms with E-state index in [1.165, 1.54) is 0 Å². The SMILES string of the molecule is OCCCSCCNCc1ccco1. The summed E-state index contributed by atoms with van der Waals surface area (Å²) in [7, 11) is 0. The highest BCUT2D eigenvalue weighted by atomic mass is 32.2. The average molecular weight is 215 g/mol. The molecule has 1 aromatic rings. The first-order chi connectivity index (χ1) is 6.93. The van der Waals surface area contributed by atoms with Gasteiger partial charge in [0.15, 0.2) is 0 Å². The highest BCUT2D eigenvalue weighted by molar-refractivity contribution is 7.99. The Bertz CT molecular complexity index is 214. The quantitative estimate of drug-likeness (QED) is 0.645. The molecular weight excluding hydrogens is 198 g/mol. The third-order valence-electron chi connectivity index (χ3n) is 1.75. The first-order valence-corrected chi connectivity index (χ1v) is 6.00. The Morgan fingerprint density at radius 3 is 3.07 bits per heavy atom. The van der Waals surface area contributed by atoms with Gasteiger partial charge in [-0.15, -0.1) is 0 Å². The molecule has 0 fully saturated rings. The van der Waals surface area contributed by atoms with Crippen molar-refractivity contribution in [3.63, 3.8) is 0 Å². The Hall–Kier alpha value is -0.450. The standard InChI is InChI=1S/C10H17NO2S/c12-5-2-7-14-8-4-11-9-10-3-1-6-13-10/h1,3,6,11-12H,2,4-5,7-9H2. The van der Waals surface area contributed by atoms with E-state index in [0.29, 0.717) is 6.61 Å². The normalized spacial score (nSPS) is 10.6. The lowest BCUT2D eigenvalue weighted by Gasteiger charge is -2.02. The van der Waals surface area contributed by atoms with Crippen molar-refractivity contribution < 1.29 is 9.52 Å². The van der Waals surface area contributed by atoms with E-state index in [4.69, 9.17) is 9.52 Å². The number of thioether (sulfide) groups is 1. The van der Waals surface area contributed by atoms with E-state index in [1.807, 2.05) is 23.9 Å². The van der Waals surface area contributed by atoms with Gasteiger partial charge in [0.25, 0.3) is 0 Å². The molecule has 0 amide bonds. The van der Waals surface area contributed by atoms with Crippen LogP contribution in [0.3, 0.4) is 0 Å². The van der Waals surface area contributed by atoms with Crippen molar-refractivity contribution in [3.8, 4) is 0 Å². The van der Waals surface area contributed by atoms with Crippen molar-refractivity contribution in [1.82, 2.24) is 5.32 Å². The molecule has 2 N–H and O–H groups in total. The minimum absolute atomic E-state index is 0.298. The highest BCUT2D eigenvalue weighted by Gasteiger charge is 1.94. The number of rotatable bonds is 8. The van der Waals surface area contributed by atoms with Gasteiger partial charge >= 0.3 is 0 Å². The fourth-order valence-electron chi connectivity index (χ4n) is 1.04. The van der Waals surface area contributed by atoms with Crippen LogP contribution >= 0.6 is 11.8 Å². The fraction of sp³-hybridized carbons (Fsp3) is 0.600. The predicted octanol–water partition coefficient (Wildman–Crippen LogP) is 1.48. The first-order valence-electron chi connectivity index (χ1n) is 4.85. The zero-order valence-electron chi connectivity index (χ0n) is 8.24. The van der Waals surface area contributed by atoms with Crippen molar-refractivity contribution in [2.45, 2.75) is 13.0 Å². The molecule has 0 radical (unpaired) electrons. The van der Waals surface area contributed by atoms with Crippen LogP contribution in [0.15, 0.2) is 22.8 Å². The van der Waals surface area contributed by atoms with E-state index >= 15 is 0 Å². The van der Waals surface area contributed by atoms with Gasteiger partial charge in [-0.3, -0.25) is 0 Å². The molecule has 0 aliphatic heterocycles. The van der Waals surface area contributed by atoms with Crippen LogP contribution < -0.4 is 5.32 Å². The summed E-state index contributed by atoms with van der Waals surface area (Å²) in [6, 6.07) is 3.86. The molecule has 0 spiro atoms. The molecule has 0 unspecified atom stereocenters. The van der Waals surface area contributed by atoms with Gasteiger partial charge in [0.1, 0.15) is 5.76 Å². The number of aliphatic hydroxyl groups excluding tert-OH is 1. The molecule has 1 heterocycles. The van der Waals surface area contributed by atoms with Gasteiger partial charge in [0.05, 0.1) is 12.8 Å². The summed E-state index contributed by atoms with van der Waals surface area (Å²) < 4.78 is 5.18. The fourth-order valence-corrected chi connectivity index (χ4v) is 1.86. The summed E-state index contributed by atoms with van der Waals surface area (Å²) >= 11 is 1.86. The van der Waals surface area contributed by atoms with Crippen LogP contribution in [0.2, 0.25) is 0 Å². The Morgan fingerprint density at radius 1 is 1.43 bits per heavy atom. The molecule has 3 nitrogen and oxygen atoms in total. The average Bonchev–Trinajstić information content (AvgIpc) is 2.69. The minimum Gasteiger partial charge on any atom is -0.468 e. The number of furan rings is 1. The van der Waals surface area contributed by atoms with Crippen LogP contribution in [0.5, 0.6) is 0 Å². The Kier molecular flexibility index (Phi) is 6.57. The molecule has 1 rings (SSSR count). The van der Waals surface area contributed by atoms with Crippen LogP contribution in [0, 0.1) is 0 Å². The maximum atomic E-state index is 8.55. The lowest BCUT2D eigenvalue weighted by Crippen LogP contribution is -2.16. The van der Waals surface area contributed by atoms with E-state index in [1.54, 1.807) is 6.26 Å². The third kappa shape index (κ3) is 5.32. The predicted molar refractivity (Wildman–Crippen MR) is 59.4 cm³/mol. The second-order valence-electron chi connectivity index (χ2n) is 2.95. The molecule has 0 aliphatic carbocycles. The second-order valence-corrected chi connectivity index (χ2v) is 4.17. The van der Waals surface area contributed by atoms with E-state index in [0.717, 1.165) is 36.8 Å². The van der Waals surface area contributed by atoms with Crippen LogP contribution in [-0.4, -0.2) is 29.8 Å². The van der Waals surface area contributed by atoms with Crippen molar-refractivity contribution in [2.24, 2.45) is 0 Å². The summed E-state index contributed by atoms with van der Waals surface area (Å²) in [6.07, 6.45) is 2.58. The highest BCUT2D eigenvalue weighted by Crippen LogP contribution is 2.01. The number of aliphatic hydroxyl groups is 1. The largest absolute Gasteiger partial charge is 0.468 e. The van der Waals surface area contributed by atoms with Gasteiger partial charge in [-0.05, 0) is 24.3 Å². The van der Waals surface area contributed by atoms with Crippen molar-refractivity contribution >= 4 is 11.8 Å². The number of hydrogen-bond acceptors (Lipinski definition) is 4. The lowest BCUT2D eigenvalue weighted by atomic mass is 10.4. The monoisotopic (exact) mass is 215 g/mol. The zero-order chi connectivity index (χ0) is 10.1. The van der Waals surface area contributed by atoms with Crippen molar-refractivity contribution in [1.29, 1.82) is 0 Å². The van der Waals surface area contributed by atoms with Crippen molar-refractivity contribution in [2.75, 3.05) is 24.7 Å². The zero-order valence-corrected chi connectivity index (χ0v) is 9.05. The number of hydrogen-bond donors (Lipinski definition) is 2.